The Kier molecular flexibility index (Phi) is 3.59. The maximum Gasteiger partial charge on any atom is 0.180 e. The highest BCUT2D eigenvalue weighted by atomic mass is 16.5. The highest BCUT2D eigenvalue weighted by Gasteiger charge is 2.13. The summed E-state index contributed by atoms with van der Waals surface area (Å²) in [5.74, 6) is 2.33. The van der Waals surface area contributed by atoms with Crippen molar-refractivity contribution >= 4 is 11.5 Å². The van der Waals surface area contributed by atoms with Crippen LogP contribution in [0.3, 0.4) is 0 Å². The van der Waals surface area contributed by atoms with Gasteiger partial charge in [-0.3, -0.25) is 4.40 Å². The van der Waals surface area contributed by atoms with Crippen molar-refractivity contribution in [2.75, 3.05) is 12.4 Å². The highest BCUT2D eigenvalue weighted by Crippen LogP contribution is 2.34. The number of anilines is 1. The van der Waals surface area contributed by atoms with Gasteiger partial charge in [-0.05, 0) is 24.3 Å². The molecule has 0 radical (unpaired) electrons. The van der Waals surface area contributed by atoms with Crippen LogP contribution in [-0.4, -0.2) is 21.4 Å². The van der Waals surface area contributed by atoms with E-state index in [4.69, 9.17) is 4.74 Å². The molecule has 0 saturated heterocycles. The Labute approximate surface area is 139 Å². The normalized spacial score (nSPS) is 10.7. The summed E-state index contributed by atoms with van der Waals surface area (Å²) < 4.78 is 8.07. The minimum absolute atomic E-state index is 0.741. The van der Waals surface area contributed by atoms with Gasteiger partial charge in [0.2, 0.25) is 0 Å². The van der Waals surface area contributed by atoms with Crippen molar-refractivity contribution in [3.05, 3.63) is 73.2 Å². The van der Waals surface area contributed by atoms with E-state index in [0.29, 0.717) is 0 Å². The Morgan fingerprint density at radius 3 is 2.58 bits per heavy atom. The van der Waals surface area contributed by atoms with Gasteiger partial charge in [-0.25, -0.2) is 9.97 Å². The predicted molar refractivity (Wildman–Crippen MR) is 94.5 cm³/mol. The molecule has 0 bridgehead atoms. The number of fused-ring (bicyclic) bond motifs is 1. The molecule has 24 heavy (non-hydrogen) atoms. The molecule has 118 valence electrons. The van der Waals surface area contributed by atoms with Crippen molar-refractivity contribution < 1.29 is 4.74 Å². The first-order valence-corrected chi connectivity index (χ1v) is 7.69. The molecule has 2 aromatic carbocycles. The first-order valence-electron chi connectivity index (χ1n) is 7.69. The molecule has 0 saturated carbocycles. The largest absolute Gasteiger partial charge is 0.457 e. The van der Waals surface area contributed by atoms with Crippen LogP contribution in [0, 0.1) is 0 Å². The minimum Gasteiger partial charge on any atom is -0.457 e. The third-order valence-electron chi connectivity index (χ3n) is 3.80. The summed E-state index contributed by atoms with van der Waals surface area (Å²) in [6.45, 7) is 0. The van der Waals surface area contributed by atoms with Gasteiger partial charge in [-0.15, -0.1) is 0 Å². The van der Waals surface area contributed by atoms with Gasteiger partial charge in [0.05, 0.1) is 11.9 Å². The number of nitrogens with one attached hydrogen (secondary N) is 1. The number of benzene rings is 2. The van der Waals surface area contributed by atoms with Crippen LogP contribution >= 0.6 is 0 Å². The number of hydrogen-bond donors (Lipinski definition) is 1. The molecule has 5 heteroatoms. The summed E-state index contributed by atoms with van der Waals surface area (Å²) in [5, 5.41) is 3.06. The van der Waals surface area contributed by atoms with Crippen LogP contribution in [0.4, 0.5) is 5.82 Å². The third kappa shape index (κ3) is 2.46. The zero-order valence-corrected chi connectivity index (χ0v) is 13.2. The van der Waals surface area contributed by atoms with E-state index < -0.39 is 0 Å². The summed E-state index contributed by atoms with van der Waals surface area (Å²) in [4.78, 5) is 8.79. The van der Waals surface area contributed by atoms with Crippen molar-refractivity contribution in [2.45, 2.75) is 0 Å². The predicted octanol–water partition coefficient (Wildman–Crippen LogP) is 4.23. The number of nitrogens with zero attached hydrogens (tertiary/aromatic N) is 3. The fourth-order valence-electron chi connectivity index (χ4n) is 2.68. The quantitative estimate of drug-likeness (QED) is 0.612. The monoisotopic (exact) mass is 316 g/mol. The zero-order chi connectivity index (χ0) is 16.4. The molecular weight excluding hydrogens is 300 g/mol. The molecule has 2 heterocycles. The Balaban J connectivity index is 1.83. The van der Waals surface area contributed by atoms with E-state index in [1.165, 1.54) is 0 Å². The van der Waals surface area contributed by atoms with Crippen LogP contribution in [0.1, 0.15) is 0 Å². The van der Waals surface area contributed by atoms with E-state index in [1.54, 1.807) is 6.20 Å². The molecule has 0 aliphatic rings. The summed E-state index contributed by atoms with van der Waals surface area (Å²) in [6, 6.07) is 17.7. The van der Waals surface area contributed by atoms with Crippen LogP contribution < -0.4 is 10.1 Å². The van der Waals surface area contributed by atoms with Gasteiger partial charge >= 0.3 is 0 Å². The smallest absolute Gasteiger partial charge is 0.180 e. The van der Waals surface area contributed by atoms with Crippen molar-refractivity contribution in [1.29, 1.82) is 0 Å². The molecule has 0 spiro atoms. The Bertz CT molecular complexity index is 979. The maximum atomic E-state index is 6.07. The summed E-state index contributed by atoms with van der Waals surface area (Å²) in [7, 11) is 1.84. The topological polar surface area (TPSA) is 51.5 Å². The molecule has 4 aromatic rings. The Hall–Kier alpha value is -3.34. The SMILES string of the molecule is CNc1nccn2c(-c3ccccc3Oc3ccccc3)cnc12. The van der Waals surface area contributed by atoms with Crippen LogP contribution in [0.15, 0.2) is 73.2 Å². The molecule has 0 fully saturated rings. The fourth-order valence-corrected chi connectivity index (χ4v) is 2.68. The van der Waals surface area contributed by atoms with Gasteiger partial charge in [-0.1, -0.05) is 30.3 Å². The average molecular weight is 316 g/mol. The van der Waals surface area contributed by atoms with Crippen LogP contribution in [0.2, 0.25) is 0 Å². The number of hydrogen-bond acceptors (Lipinski definition) is 4. The molecule has 4 rings (SSSR count). The maximum absolute atomic E-state index is 6.07. The lowest BCUT2D eigenvalue weighted by Gasteiger charge is -2.11. The number of rotatable bonds is 4. The van der Waals surface area contributed by atoms with E-state index in [2.05, 4.69) is 15.3 Å². The summed E-state index contributed by atoms with van der Waals surface area (Å²) in [6.07, 6.45) is 5.49. The molecule has 0 aliphatic carbocycles. The first kappa shape index (κ1) is 14.3. The first-order chi connectivity index (χ1) is 11.9. The molecule has 5 nitrogen and oxygen atoms in total. The molecule has 1 N–H and O–H groups in total. The summed E-state index contributed by atoms with van der Waals surface area (Å²) in [5.41, 5.74) is 2.71. The van der Waals surface area contributed by atoms with Gasteiger partial charge < -0.3 is 10.1 Å². The van der Waals surface area contributed by atoms with Gasteiger partial charge in [0.1, 0.15) is 11.5 Å². The number of aromatic nitrogens is 3. The van der Waals surface area contributed by atoms with Crippen LogP contribution in [0.25, 0.3) is 16.9 Å². The van der Waals surface area contributed by atoms with Crippen molar-refractivity contribution in [3.8, 4) is 22.8 Å². The minimum atomic E-state index is 0.741. The van der Waals surface area contributed by atoms with Crippen molar-refractivity contribution in [2.24, 2.45) is 0 Å². The van der Waals surface area contributed by atoms with E-state index in [1.807, 2.05) is 78.4 Å². The van der Waals surface area contributed by atoms with Gasteiger partial charge in [-0.2, -0.15) is 0 Å². The Morgan fingerprint density at radius 1 is 0.958 bits per heavy atom. The summed E-state index contributed by atoms with van der Waals surface area (Å²) >= 11 is 0. The van der Waals surface area contributed by atoms with E-state index in [0.717, 1.165) is 34.2 Å². The molecule has 0 aliphatic heterocycles. The molecule has 0 amide bonds. The van der Waals surface area contributed by atoms with Crippen LogP contribution in [-0.2, 0) is 0 Å². The molecule has 2 aromatic heterocycles. The van der Waals surface area contributed by atoms with Gasteiger partial charge in [0, 0.05) is 25.0 Å². The molecule has 0 atom stereocenters. The number of para-hydroxylation sites is 2. The van der Waals surface area contributed by atoms with Gasteiger partial charge in [0.25, 0.3) is 0 Å². The fraction of sp³-hybridized carbons (Fsp3) is 0.0526. The lowest BCUT2D eigenvalue weighted by atomic mass is 10.1. The zero-order valence-electron chi connectivity index (χ0n) is 13.2. The second-order valence-electron chi connectivity index (χ2n) is 5.27. The molecule has 0 unspecified atom stereocenters. The van der Waals surface area contributed by atoms with E-state index in [-0.39, 0.29) is 0 Å². The number of ether oxygens (including phenoxy) is 1. The van der Waals surface area contributed by atoms with Crippen molar-refractivity contribution in [1.82, 2.24) is 14.4 Å². The van der Waals surface area contributed by atoms with Crippen LogP contribution in [0.5, 0.6) is 11.5 Å². The number of imidazole rings is 1. The highest BCUT2D eigenvalue weighted by molar-refractivity contribution is 5.74. The Morgan fingerprint density at radius 2 is 1.75 bits per heavy atom. The second-order valence-corrected chi connectivity index (χ2v) is 5.27. The average Bonchev–Trinajstić information content (AvgIpc) is 3.07. The van der Waals surface area contributed by atoms with E-state index in [9.17, 15) is 0 Å². The lowest BCUT2D eigenvalue weighted by Crippen LogP contribution is -1.98. The van der Waals surface area contributed by atoms with Crippen molar-refractivity contribution in [3.63, 3.8) is 0 Å². The van der Waals surface area contributed by atoms with Gasteiger partial charge in [0.15, 0.2) is 11.5 Å². The van der Waals surface area contributed by atoms with E-state index >= 15 is 0 Å². The second kappa shape index (κ2) is 6.04. The lowest BCUT2D eigenvalue weighted by molar-refractivity contribution is 0.484. The third-order valence-corrected chi connectivity index (χ3v) is 3.80. The standard InChI is InChI=1S/C19H16N4O/c1-20-18-19-22-13-16(23(19)12-11-21-18)15-9-5-6-10-17(15)24-14-7-3-2-4-8-14/h2-13H,1H3,(H,20,21). The molecular formula is C19H16N4O.